The molecule has 1 aliphatic heterocycles. The van der Waals surface area contributed by atoms with Gasteiger partial charge in [-0.05, 0) is 38.3 Å². The van der Waals surface area contributed by atoms with Gasteiger partial charge in [0.15, 0.2) is 11.9 Å². The van der Waals surface area contributed by atoms with Crippen LogP contribution in [-0.4, -0.2) is 30.0 Å². The minimum atomic E-state index is -0.569. The van der Waals surface area contributed by atoms with Gasteiger partial charge in [-0.2, -0.15) is 0 Å². The van der Waals surface area contributed by atoms with Gasteiger partial charge in [0, 0.05) is 13.1 Å². The molecule has 0 bridgehead atoms. The number of likely N-dealkylation sites (tertiary alicyclic amines) is 1. The molecule has 104 valence electrons. The Hall–Kier alpha value is -1.42. The predicted molar refractivity (Wildman–Crippen MR) is 76.4 cm³/mol. The van der Waals surface area contributed by atoms with Gasteiger partial charge < -0.3 is 15.4 Å². The molecule has 0 aromatic heterocycles. The van der Waals surface area contributed by atoms with Crippen molar-refractivity contribution in [2.45, 2.75) is 32.3 Å². The Bertz CT molecular complexity index is 439. The quantitative estimate of drug-likeness (QED) is 0.867. The highest BCUT2D eigenvalue weighted by molar-refractivity contribution is 6.32. The lowest BCUT2D eigenvalue weighted by Crippen LogP contribution is -2.43. The molecule has 1 saturated heterocycles. The maximum absolute atomic E-state index is 12.2. The average molecular weight is 283 g/mol. The second-order valence-electron chi connectivity index (χ2n) is 4.80. The highest BCUT2D eigenvalue weighted by atomic mass is 35.5. The molecule has 2 N–H and O–H groups in total. The summed E-state index contributed by atoms with van der Waals surface area (Å²) >= 11 is 6.03. The molecule has 1 heterocycles. The largest absolute Gasteiger partial charge is 0.477 e. The van der Waals surface area contributed by atoms with E-state index in [1.165, 1.54) is 6.42 Å². The third-order valence-electron chi connectivity index (χ3n) is 3.31. The third-order valence-corrected chi connectivity index (χ3v) is 3.61. The van der Waals surface area contributed by atoms with Crippen LogP contribution < -0.4 is 10.5 Å². The van der Waals surface area contributed by atoms with Crippen LogP contribution in [0.3, 0.4) is 0 Å². The first-order valence-electron chi connectivity index (χ1n) is 6.59. The van der Waals surface area contributed by atoms with Gasteiger partial charge in [0.1, 0.15) is 0 Å². The summed E-state index contributed by atoms with van der Waals surface area (Å²) in [5.41, 5.74) is 6.26. The lowest BCUT2D eigenvalue weighted by Gasteiger charge is -2.29. The molecular weight excluding hydrogens is 264 g/mol. The van der Waals surface area contributed by atoms with E-state index in [-0.39, 0.29) is 5.91 Å². The smallest absolute Gasteiger partial charge is 0.263 e. The number of hydrogen-bond acceptors (Lipinski definition) is 3. The number of piperidine rings is 1. The molecule has 1 aromatic rings. The van der Waals surface area contributed by atoms with Crippen LogP contribution in [-0.2, 0) is 4.79 Å². The summed E-state index contributed by atoms with van der Waals surface area (Å²) in [7, 11) is 0. The fourth-order valence-electron chi connectivity index (χ4n) is 2.25. The Morgan fingerprint density at radius 3 is 2.68 bits per heavy atom. The molecule has 2 rings (SSSR count). The van der Waals surface area contributed by atoms with Crippen molar-refractivity contribution in [3.63, 3.8) is 0 Å². The topological polar surface area (TPSA) is 55.6 Å². The van der Waals surface area contributed by atoms with Crippen molar-refractivity contribution in [3.8, 4) is 5.75 Å². The van der Waals surface area contributed by atoms with Crippen molar-refractivity contribution in [1.29, 1.82) is 0 Å². The summed E-state index contributed by atoms with van der Waals surface area (Å²) in [5, 5.41) is 0.429. The summed E-state index contributed by atoms with van der Waals surface area (Å²) in [6.07, 6.45) is 2.75. The first-order chi connectivity index (χ1) is 9.09. The Kier molecular flexibility index (Phi) is 4.53. The summed E-state index contributed by atoms with van der Waals surface area (Å²) < 4.78 is 5.64. The zero-order valence-electron chi connectivity index (χ0n) is 11.1. The van der Waals surface area contributed by atoms with Crippen LogP contribution in [0.15, 0.2) is 18.2 Å². The van der Waals surface area contributed by atoms with Crippen LogP contribution >= 0.6 is 11.6 Å². The number of amides is 1. The molecule has 1 aromatic carbocycles. The van der Waals surface area contributed by atoms with Gasteiger partial charge in [0.2, 0.25) is 0 Å². The van der Waals surface area contributed by atoms with Gasteiger partial charge >= 0.3 is 0 Å². The van der Waals surface area contributed by atoms with Gasteiger partial charge in [-0.25, -0.2) is 0 Å². The molecule has 1 aliphatic rings. The number of rotatable bonds is 3. The Labute approximate surface area is 118 Å². The summed E-state index contributed by atoms with van der Waals surface area (Å²) in [5.74, 6) is 0.390. The van der Waals surface area contributed by atoms with Crippen LogP contribution in [0.1, 0.15) is 26.2 Å². The molecule has 0 saturated carbocycles. The summed E-state index contributed by atoms with van der Waals surface area (Å²) in [4.78, 5) is 14.1. The first-order valence-corrected chi connectivity index (χ1v) is 6.97. The molecular formula is C14H19ClN2O2. The van der Waals surface area contributed by atoms with Crippen LogP contribution in [0.25, 0.3) is 0 Å². The van der Waals surface area contributed by atoms with E-state index in [1.807, 2.05) is 4.90 Å². The normalized spacial score (nSPS) is 17.1. The standard InChI is InChI=1S/C14H19ClN2O2/c1-10(14(18)17-8-3-2-4-9-17)19-13-11(15)6-5-7-12(13)16/h5-7,10H,2-4,8-9,16H2,1H3. The summed E-state index contributed by atoms with van der Waals surface area (Å²) in [6.45, 7) is 3.36. The maximum atomic E-state index is 12.2. The molecule has 0 aliphatic carbocycles. The Balaban J connectivity index is 2.03. The van der Waals surface area contributed by atoms with Crippen molar-refractivity contribution >= 4 is 23.2 Å². The van der Waals surface area contributed by atoms with E-state index in [4.69, 9.17) is 22.1 Å². The molecule has 19 heavy (non-hydrogen) atoms. The SMILES string of the molecule is CC(Oc1c(N)cccc1Cl)C(=O)N1CCCCC1. The average Bonchev–Trinajstić information content (AvgIpc) is 2.43. The predicted octanol–water partition coefficient (Wildman–Crippen LogP) is 2.70. The lowest BCUT2D eigenvalue weighted by molar-refractivity contribution is -0.138. The fourth-order valence-corrected chi connectivity index (χ4v) is 2.47. The zero-order valence-corrected chi connectivity index (χ0v) is 11.8. The number of halogens is 1. The van der Waals surface area contributed by atoms with Crippen molar-refractivity contribution in [3.05, 3.63) is 23.2 Å². The van der Waals surface area contributed by atoms with Crippen LogP contribution in [0.2, 0.25) is 5.02 Å². The number of para-hydroxylation sites is 1. The minimum absolute atomic E-state index is 0.000908. The van der Waals surface area contributed by atoms with E-state index < -0.39 is 6.10 Å². The fraction of sp³-hybridized carbons (Fsp3) is 0.500. The van der Waals surface area contributed by atoms with E-state index in [1.54, 1.807) is 25.1 Å². The summed E-state index contributed by atoms with van der Waals surface area (Å²) in [6, 6.07) is 5.16. The number of hydrogen-bond donors (Lipinski definition) is 1. The monoisotopic (exact) mass is 282 g/mol. The maximum Gasteiger partial charge on any atom is 0.263 e. The Morgan fingerprint density at radius 1 is 1.37 bits per heavy atom. The zero-order chi connectivity index (χ0) is 13.8. The van der Waals surface area contributed by atoms with Gasteiger partial charge in [0.05, 0.1) is 10.7 Å². The highest BCUT2D eigenvalue weighted by Crippen LogP contribution is 2.31. The number of carbonyl (C=O) groups is 1. The third kappa shape index (κ3) is 3.32. The van der Waals surface area contributed by atoms with Crippen molar-refractivity contribution in [1.82, 2.24) is 4.90 Å². The van der Waals surface area contributed by atoms with E-state index in [0.29, 0.717) is 16.5 Å². The van der Waals surface area contributed by atoms with Crippen molar-refractivity contribution < 1.29 is 9.53 Å². The van der Waals surface area contributed by atoms with Gasteiger partial charge in [0.25, 0.3) is 5.91 Å². The number of nitrogens with two attached hydrogens (primary N) is 1. The van der Waals surface area contributed by atoms with E-state index >= 15 is 0 Å². The van der Waals surface area contributed by atoms with Crippen molar-refractivity contribution in [2.75, 3.05) is 18.8 Å². The molecule has 1 unspecified atom stereocenters. The molecule has 5 heteroatoms. The molecule has 1 amide bonds. The van der Waals surface area contributed by atoms with Gasteiger partial charge in [-0.1, -0.05) is 17.7 Å². The highest BCUT2D eigenvalue weighted by Gasteiger charge is 2.24. The van der Waals surface area contributed by atoms with Crippen LogP contribution in [0.4, 0.5) is 5.69 Å². The van der Waals surface area contributed by atoms with E-state index in [0.717, 1.165) is 25.9 Å². The number of carbonyl (C=O) groups excluding carboxylic acids is 1. The first kappa shape index (κ1) is 14.0. The number of ether oxygens (including phenoxy) is 1. The second kappa shape index (κ2) is 6.15. The number of nitrogens with zero attached hydrogens (tertiary/aromatic N) is 1. The number of benzene rings is 1. The number of anilines is 1. The molecule has 1 atom stereocenters. The second-order valence-corrected chi connectivity index (χ2v) is 5.21. The Morgan fingerprint density at radius 2 is 2.05 bits per heavy atom. The molecule has 4 nitrogen and oxygen atoms in total. The number of nitrogen functional groups attached to an aromatic ring is 1. The van der Waals surface area contributed by atoms with Gasteiger partial charge in [-0.15, -0.1) is 0 Å². The molecule has 1 fully saturated rings. The lowest BCUT2D eigenvalue weighted by atomic mass is 10.1. The van der Waals surface area contributed by atoms with Crippen LogP contribution in [0, 0.1) is 0 Å². The van der Waals surface area contributed by atoms with Crippen molar-refractivity contribution in [2.24, 2.45) is 0 Å². The molecule has 0 radical (unpaired) electrons. The van der Waals surface area contributed by atoms with E-state index in [2.05, 4.69) is 0 Å². The minimum Gasteiger partial charge on any atom is -0.477 e. The van der Waals surface area contributed by atoms with E-state index in [9.17, 15) is 4.79 Å². The van der Waals surface area contributed by atoms with Gasteiger partial charge in [-0.3, -0.25) is 4.79 Å². The van der Waals surface area contributed by atoms with Crippen LogP contribution in [0.5, 0.6) is 5.75 Å². The molecule has 0 spiro atoms.